The number of alkyl halides is 2. The Morgan fingerprint density at radius 1 is 0.783 bits per heavy atom. The molecule has 0 aliphatic carbocycles. The Kier molecular flexibility index (Phi) is 23.3. The van der Waals surface area contributed by atoms with Crippen LogP contribution in [-0.2, 0) is 62.7 Å². The lowest BCUT2D eigenvalue weighted by Crippen LogP contribution is -2.49. The van der Waals surface area contributed by atoms with Gasteiger partial charge in [-0.2, -0.15) is 5.26 Å². The molecule has 0 spiro atoms. The molecule has 2 aromatic carbocycles. The molecule has 1 aromatic heterocycles. The molecule has 6 amide bonds. The maximum Gasteiger partial charge on any atom is 0.317 e. The van der Waals surface area contributed by atoms with Crippen LogP contribution >= 0.6 is 0 Å². The average Bonchev–Trinajstić information content (AvgIpc) is 4.39. The highest BCUT2D eigenvalue weighted by atomic mass is 19.3. The second kappa shape index (κ2) is 30.7. The summed E-state index contributed by atoms with van der Waals surface area (Å²) in [7, 11) is 0. The second-order valence-corrected chi connectivity index (χ2v) is 21.0. The molecule has 3 saturated heterocycles. The predicted molar refractivity (Wildman–Crippen MR) is 292 cm³/mol. The largest absolute Gasteiger partial charge is 0.480 e. The van der Waals surface area contributed by atoms with E-state index >= 15 is 0 Å². The van der Waals surface area contributed by atoms with Crippen LogP contribution in [0.25, 0.3) is 11.3 Å². The van der Waals surface area contributed by atoms with Crippen molar-refractivity contribution in [3.63, 3.8) is 0 Å². The number of likely N-dealkylation sites (tertiary alicyclic amines) is 1. The summed E-state index contributed by atoms with van der Waals surface area (Å²) in [6, 6.07) is 11.9. The maximum absolute atomic E-state index is 14.0. The first-order chi connectivity index (χ1) is 39.9. The molecule has 5 heterocycles. The number of likely N-dealkylation sites (N-methyl/N-ethyl adjacent to an activating group) is 1. The Balaban J connectivity index is 0.732. The van der Waals surface area contributed by atoms with Gasteiger partial charge in [-0.25, -0.2) is 13.5 Å². The van der Waals surface area contributed by atoms with E-state index in [0.29, 0.717) is 76.7 Å². The molecule has 0 unspecified atom stereocenters. The quantitative estimate of drug-likeness (QED) is 0.0541. The van der Waals surface area contributed by atoms with Crippen molar-refractivity contribution in [2.24, 2.45) is 5.92 Å². The molecule has 4 aliphatic heterocycles. The van der Waals surface area contributed by atoms with Crippen molar-refractivity contribution in [2.75, 3.05) is 131 Å². The number of ether oxygens (including phenoxy) is 2. The van der Waals surface area contributed by atoms with Gasteiger partial charge in [0.2, 0.25) is 29.5 Å². The number of nitrogens with zero attached hydrogens (tertiary/aromatic N) is 10. The summed E-state index contributed by atoms with van der Waals surface area (Å²) < 4.78 is 40.8. The van der Waals surface area contributed by atoms with Crippen molar-refractivity contribution in [2.45, 2.75) is 70.2 Å². The van der Waals surface area contributed by atoms with Crippen molar-refractivity contribution >= 4 is 47.4 Å². The van der Waals surface area contributed by atoms with Crippen LogP contribution in [0.5, 0.6) is 0 Å². The molecule has 7 rings (SSSR count). The Morgan fingerprint density at radius 3 is 2.06 bits per heavy atom. The lowest BCUT2D eigenvalue weighted by Gasteiger charge is -2.33. The number of rotatable bonds is 26. The maximum atomic E-state index is 14.0. The average molecular weight is 1160 g/mol. The number of aliphatic carboxylic acids is 2. The SMILES string of the molecule is CCN1CCN(CC(=O)O)CCN(CC(=O)O)CCN(CC(=O)NCCOCCOCCC(=O)NCCNC(=O)c2ccc(-c3cn(Cc4cccc5c4CN(C(=O)C[C@@H]4C[C@@H](C(=O)N6CC(F)(F)C[C@H]6C#N)NC4=O)C5)nn3)cc2)CC1. The van der Waals surface area contributed by atoms with E-state index in [1.807, 2.05) is 34.9 Å². The molecule has 3 atom stereocenters. The van der Waals surface area contributed by atoms with Crippen molar-refractivity contribution in [3.05, 3.63) is 70.9 Å². The number of carboxylic acid groups (broad SMARTS) is 2. The van der Waals surface area contributed by atoms with Gasteiger partial charge >= 0.3 is 11.9 Å². The Labute approximate surface area is 479 Å². The van der Waals surface area contributed by atoms with E-state index in [2.05, 4.69) is 36.5 Å². The van der Waals surface area contributed by atoms with E-state index in [1.54, 1.807) is 51.0 Å². The topological polar surface area (TPSA) is 318 Å². The van der Waals surface area contributed by atoms with Crippen LogP contribution in [0.4, 0.5) is 8.78 Å². The van der Waals surface area contributed by atoms with E-state index in [0.717, 1.165) is 33.7 Å². The molecular weight excluding hydrogens is 1090 g/mol. The summed E-state index contributed by atoms with van der Waals surface area (Å²) >= 11 is 0. The number of carboxylic acids is 2. The highest BCUT2D eigenvalue weighted by Crippen LogP contribution is 2.34. The standard InChI is InChI=1S/C55H74F2N14O12/c1-2-65-14-16-66(18-19-68(36-51(77)78)21-20-67(17-15-65)35-50(75)76)34-48(73)60-13-23-83-25-24-82-22-10-47(72)59-11-12-61-52(79)39-8-6-38(7-9-39)46-33-70(64-63-46)31-41-5-3-4-40-30-69(32-44(40)41)49(74)27-42-26-45(62-53(42)80)54(81)71-37-55(56,57)28-43(71)29-58/h3-9,33,42-43,45H,2,10-28,30-32,34-37H2,1H3,(H,59,72)(H,60,73)(H,61,79)(H,62,80)(H,75,76)(H,77,78)/t42-,43-,45-/m0/s1. The summed E-state index contributed by atoms with van der Waals surface area (Å²) in [4.78, 5) is 111. The zero-order valence-corrected chi connectivity index (χ0v) is 46.6. The van der Waals surface area contributed by atoms with Gasteiger partial charge in [0, 0.05) is 121 Å². The number of carbonyl (C=O) groups is 8. The normalized spacial score (nSPS) is 19.9. The molecule has 0 radical (unpaired) electrons. The molecule has 4 aliphatic rings. The smallest absolute Gasteiger partial charge is 0.317 e. The van der Waals surface area contributed by atoms with Crippen LogP contribution in [-0.4, -0.2) is 251 Å². The van der Waals surface area contributed by atoms with Crippen molar-refractivity contribution in [1.82, 2.24) is 65.7 Å². The Morgan fingerprint density at radius 2 is 1.41 bits per heavy atom. The molecule has 6 N–H and O–H groups in total. The summed E-state index contributed by atoms with van der Waals surface area (Å²) in [6.45, 7) is 8.30. The van der Waals surface area contributed by atoms with E-state index < -0.39 is 60.6 Å². The number of fused-ring (bicyclic) bond motifs is 1. The number of amides is 6. The molecule has 0 bridgehead atoms. The fourth-order valence-corrected chi connectivity index (χ4v) is 10.4. The minimum absolute atomic E-state index is 0.0385. The van der Waals surface area contributed by atoms with E-state index in [1.165, 1.54) is 0 Å². The molecule has 3 fully saturated rings. The summed E-state index contributed by atoms with van der Waals surface area (Å²) in [6.07, 6.45) is 0.909. The van der Waals surface area contributed by atoms with Crippen LogP contribution in [0.1, 0.15) is 59.7 Å². The zero-order chi connectivity index (χ0) is 59.5. The lowest BCUT2D eigenvalue weighted by atomic mass is 9.99. The molecule has 26 nitrogen and oxygen atoms in total. The third-order valence-electron chi connectivity index (χ3n) is 15.0. The first-order valence-electron chi connectivity index (χ1n) is 27.9. The number of aromatic nitrogens is 3. The molecule has 83 heavy (non-hydrogen) atoms. The number of hydrogen-bond donors (Lipinski definition) is 6. The second-order valence-electron chi connectivity index (χ2n) is 21.0. The van der Waals surface area contributed by atoms with Crippen LogP contribution in [0.15, 0.2) is 48.7 Å². The van der Waals surface area contributed by atoms with Gasteiger partial charge in [0.25, 0.3) is 11.8 Å². The minimum atomic E-state index is -3.19. The third kappa shape index (κ3) is 19.3. The number of nitriles is 1. The van der Waals surface area contributed by atoms with E-state index in [9.17, 15) is 62.6 Å². The summed E-state index contributed by atoms with van der Waals surface area (Å²) in [5.74, 6) is -8.26. The van der Waals surface area contributed by atoms with Gasteiger partial charge in [-0.3, -0.25) is 53.1 Å². The fourth-order valence-electron chi connectivity index (χ4n) is 10.4. The summed E-state index contributed by atoms with van der Waals surface area (Å²) in [5, 5.41) is 47.7. The van der Waals surface area contributed by atoms with E-state index in [-0.39, 0.29) is 115 Å². The van der Waals surface area contributed by atoms with Crippen LogP contribution < -0.4 is 21.3 Å². The monoisotopic (exact) mass is 1160 g/mol. The summed E-state index contributed by atoms with van der Waals surface area (Å²) in [5.41, 5.74) is 4.48. The van der Waals surface area contributed by atoms with Crippen molar-refractivity contribution in [3.8, 4) is 17.3 Å². The van der Waals surface area contributed by atoms with Gasteiger partial charge in [0.15, 0.2) is 0 Å². The predicted octanol–water partition coefficient (Wildman–Crippen LogP) is -0.714. The number of benzene rings is 2. The van der Waals surface area contributed by atoms with Gasteiger partial charge < -0.3 is 55.7 Å². The van der Waals surface area contributed by atoms with Gasteiger partial charge in [-0.1, -0.05) is 42.5 Å². The number of nitrogens with one attached hydrogen (secondary N) is 4. The van der Waals surface area contributed by atoms with Crippen LogP contribution in [0, 0.1) is 17.2 Å². The van der Waals surface area contributed by atoms with Crippen LogP contribution in [0.2, 0.25) is 0 Å². The van der Waals surface area contributed by atoms with Gasteiger partial charge in [0.1, 0.15) is 17.8 Å². The fraction of sp³-hybridized carbons (Fsp3) is 0.582. The van der Waals surface area contributed by atoms with Gasteiger partial charge in [-0.15, -0.1) is 5.10 Å². The first kappa shape index (κ1) is 63.0. The molecule has 450 valence electrons. The molecule has 28 heteroatoms. The highest BCUT2D eigenvalue weighted by Gasteiger charge is 2.50. The number of hydrogen-bond acceptors (Lipinski definition) is 17. The van der Waals surface area contributed by atoms with Crippen molar-refractivity contribution < 1.29 is 66.8 Å². The minimum Gasteiger partial charge on any atom is -0.480 e. The first-order valence-corrected chi connectivity index (χ1v) is 27.9. The number of carbonyl (C=O) groups excluding carboxylic acids is 6. The van der Waals surface area contributed by atoms with Crippen LogP contribution in [0.3, 0.4) is 0 Å². The van der Waals surface area contributed by atoms with Gasteiger partial charge in [-0.05, 0) is 41.8 Å². The molecule has 3 aromatic rings. The third-order valence-corrected chi connectivity index (χ3v) is 15.0. The number of halogens is 2. The van der Waals surface area contributed by atoms with E-state index in [4.69, 9.17) is 9.47 Å². The Bertz CT molecular complexity index is 2800. The highest BCUT2D eigenvalue weighted by molar-refractivity contribution is 5.95. The lowest BCUT2D eigenvalue weighted by molar-refractivity contribution is -0.140. The van der Waals surface area contributed by atoms with Crippen molar-refractivity contribution in [1.29, 1.82) is 5.26 Å². The Hall–Kier alpha value is -7.55. The zero-order valence-electron chi connectivity index (χ0n) is 46.6. The molecule has 0 saturated carbocycles. The molecular formula is C55H74F2N14O12. The van der Waals surface area contributed by atoms with Gasteiger partial charge in [0.05, 0.1) is 71.4 Å².